The zero-order chi connectivity index (χ0) is 23.9. The summed E-state index contributed by atoms with van der Waals surface area (Å²) in [5, 5.41) is 6.94. The lowest BCUT2D eigenvalue weighted by Crippen LogP contribution is -2.34. The van der Waals surface area contributed by atoms with E-state index in [4.69, 9.17) is 26.7 Å². The molecule has 2 N–H and O–H groups in total. The van der Waals surface area contributed by atoms with E-state index in [-0.39, 0.29) is 11.0 Å². The molecule has 0 fully saturated rings. The number of aromatic nitrogens is 1. The van der Waals surface area contributed by atoms with Crippen LogP contribution in [0.3, 0.4) is 0 Å². The smallest absolute Gasteiger partial charge is 0.257 e. The number of aryl methyl sites for hydroxylation is 1. The maximum absolute atomic E-state index is 12.6. The lowest BCUT2D eigenvalue weighted by atomic mass is 10.2. The number of nitrogens with one attached hydrogen (secondary N) is 2. The highest BCUT2D eigenvalue weighted by atomic mass is 32.1. The van der Waals surface area contributed by atoms with E-state index in [9.17, 15) is 4.79 Å². The largest absolute Gasteiger partial charge is 0.491 e. The van der Waals surface area contributed by atoms with Gasteiger partial charge in [-0.2, -0.15) is 0 Å². The number of fused-ring (bicyclic) bond motifs is 1. The van der Waals surface area contributed by atoms with Gasteiger partial charge in [-0.25, -0.2) is 4.98 Å². The Bertz CT molecular complexity index is 1300. The van der Waals surface area contributed by atoms with Crippen molar-refractivity contribution >= 4 is 50.5 Å². The number of carbonyl (C=O) groups excluding carboxylic acids is 1. The van der Waals surface area contributed by atoms with E-state index in [2.05, 4.69) is 29.7 Å². The summed E-state index contributed by atoms with van der Waals surface area (Å²) in [4.78, 5) is 17.3. The molecule has 3 aromatic carbocycles. The third-order valence-electron chi connectivity index (χ3n) is 4.96. The number of carbonyl (C=O) groups is 1. The first kappa shape index (κ1) is 23.8. The van der Waals surface area contributed by atoms with Gasteiger partial charge in [0.1, 0.15) is 17.4 Å². The molecule has 1 aromatic heterocycles. The third kappa shape index (κ3) is 6.17. The molecular weight excluding hydrogens is 466 g/mol. The lowest BCUT2D eigenvalue weighted by molar-refractivity contribution is 0.0976. The van der Waals surface area contributed by atoms with Crippen LogP contribution in [-0.2, 0) is 4.74 Å². The normalized spacial score (nSPS) is 10.8. The maximum atomic E-state index is 12.6. The van der Waals surface area contributed by atoms with Gasteiger partial charge in [0, 0.05) is 23.4 Å². The van der Waals surface area contributed by atoms with Crippen LogP contribution in [0, 0.1) is 6.92 Å². The molecule has 1 heterocycles. The number of ether oxygens (including phenoxy) is 2. The zero-order valence-electron chi connectivity index (χ0n) is 19.0. The number of thiazole rings is 1. The van der Waals surface area contributed by atoms with Gasteiger partial charge in [-0.1, -0.05) is 12.1 Å². The van der Waals surface area contributed by atoms with Crippen molar-refractivity contribution in [3.63, 3.8) is 0 Å². The fraction of sp³-hybridized carbons (Fsp3) is 0.192. The van der Waals surface area contributed by atoms with Gasteiger partial charge in [0.05, 0.1) is 16.8 Å². The quantitative estimate of drug-likeness (QED) is 0.239. The van der Waals surface area contributed by atoms with Crippen LogP contribution in [0.25, 0.3) is 20.8 Å². The number of benzene rings is 3. The molecule has 0 atom stereocenters. The highest BCUT2D eigenvalue weighted by molar-refractivity contribution is 7.80. The second kappa shape index (κ2) is 11.2. The Kier molecular flexibility index (Phi) is 7.84. The van der Waals surface area contributed by atoms with Gasteiger partial charge in [-0.15, -0.1) is 11.3 Å². The van der Waals surface area contributed by atoms with E-state index in [0.717, 1.165) is 21.8 Å². The molecule has 0 unspecified atom stereocenters. The van der Waals surface area contributed by atoms with Gasteiger partial charge in [0.15, 0.2) is 5.11 Å². The van der Waals surface area contributed by atoms with Crippen LogP contribution >= 0.6 is 23.6 Å². The van der Waals surface area contributed by atoms with Gasteiger partial charge in [-0.3, -0.25) is 10.1 Å². The van der Waals surface area contributed by atoms with E-state index in [0.29, 0.717) is 31.1 Å². The fourth-order valence-corrected chi connectivity index (χ4v) is 4.56. The molecule has 34 heavy (non-hydrogen) atoms. The molecule has 0 aliphatic heterocycles. The van der Waals surface area contributed by atoms with Crippen LogP contribution in [0.5, 0.6) is 5.75 Å². The molecule has 0 radical (unpaired) electrons. The summed E-state index contributed by atoms with van der Waals surface area (Å²) in [6.07, 6.45) is 0. The summed E-state index contributed by atoms with van der Waals surface area (Å²) >= 11 is 6.99. The van der Waals surface area contributed by atoms with Crippen LogP contribution in [0.2, 0.25) is 0 Å². The second-order valence-electron chi connectivity index (χ2n) is 7.55. The molecule has 8 heteroatoms. The minimum absolute atomic E-state index is 0.218. The van der Waals surface area contributed by atoms with Gasteiger partial charge in [0.25, 0.3) is 5.91 Å². The van der Waals surface area contributed by atoms with Gasteiger partial charge >= 0.3 is 0 Å². The van der Waals surface area contributed by atoms with Gasteiger partial charge < -0.3 is 14.8 Å². The molecule has 0 bridgehead atoms. The SMILES string of the molecule is CCOCCOc1cccc(C(=O)NC(=S)Nc2ccc(-c3nc4ccc(C)cc4s3)cc2)c1. The zero-order valence-corrected chi connectivity index (χ0v) is 20.6. The summed E-state index contributed by atoms with van der Waals surface area (Å²) in [7, 11) is 0. The van der Waals surface area contributed by atoms with E-state index >= 15 is 0 Å². The van der Waals surface area contributed by atoms with E-state index in [1.165, 1.54) is 10.3 Å². The molecule has 0 saturated carbocycles. The van der Waals surface area contributed by atoms with E-state index in [1.54, 1.807) is 35.6 Å². The van der Waals surface area contributed by atoms with Crippen LogP contribution in [0.1, 0.15) is 22.8 Å². The first-order valence-electron chi connectivity index (χ1n) is 10.9. The second-order valence-corrected chi connectivity index (χ2v) is 8.99. The lowest BCUT2D eigenvalue weighted by Gasteiger charge is -2.11. The molecular formula is C26H25N3O3S2. The number of thiocarbonyl (C=S) groups is 1. The summed E-state index contributed by atoms with van der Waals surface area (Å²) in [5.74, 6) is 0.293. The average molecular weight is 492 g/mol. The van der Waals surface area contributed by atoms with E-state index in [1.807, 2.05) is 37.3 Å². The number of hydrogen-bond donors (Lipinski definition) is 2. The number of amides is 1. The Morgan fingerprint density at radius 1 is 1.06 bits per heavy atom. The molecule has 4 aromatic rings. The van der Waals surface area contributed by atoms with Crippen molar-refractivity contribution in [1.29, 1.82) is 0 Å². The molecule has 6 nitrogen and oxygen atoms in total. The van der Waals surface area contributed by atoms with Crippen molar-refractivity contribution in [1.82, 2.24) is 10.3 Å². The number of anilines is 1. The molecule has 4 rings (SSSR count). The van der Waals surface area contributed by atoms with Crippen molar-refractivity contribution in [3.05, 3.63) is 77.9 Å². The maximum Gasteiger partial charge on any atom is 0.257 e. The predicted octanol–water partition coefficient (Wildman–Crippen LogP) is 5.81. The van der Waals surface area contributed by atoms with Crippen LogP contribution in [0.15, 0.2) is 66.7 Å². The summed E-state index contributed by atoms with van der Waals surface area (Å²) in [6.45, 7) is 5.57. The minimum Gasteiger partial charge on any atom is -0.491 e. The summed E-state index contributed by atoms with van der Waals surface area (Å²) in [5.41, 5.74) is 4.48. The molecule has 174 valence electrons. The standard InChI is InChI=1S/C26H25N3O3S2/c1-3-31-13-14-32-21-6-4-5-19(16-21)24(30)29-26(33)27-20-10-8-18(9-11-20)25-28-22-12-7-17(2)15-23(22)34-25/h4-12,15-16H,3,13-14H2,1-2H3,(H2,27,29,30,33). The number of hydrogen-bond acceptors (Lipinski definition) is 6. The van der Waals surface area contributed by atoms with Gasteiger partial charge in [-0.05, 0) is 86.2 Å². The summed E-state index contributed by atoms with van der Waals surface area (Å²) < 4.78 is 12.0. The van der Waals surface area contributed by atoms with Crippen molar-refractivity contribution in [2.45, 2.75) is 13.8 Å². The Morgan fingerprint density at radius 3 is 2.68 bits per heavy atom. The van der Waals surface area contributed by atoms with Crippen molar-refractivity contribution in [3.8, 4) is 16.3 Å². The molecule has 0 saturated heterocycles. The topological polar surface area (TPSA) is 72.5 Å². The highest BCUT2D eigenvalue weighted by Crippen LogP contribution is 2.31. The van der Waals surface area contributed by atoms with Crippen molar-refractivity contribution < 1.29 is 14.3 Å². The van der Waals surface area contributed by atoms with Crippen molar-refractivity contribution in [2.24, 2.45) is 0 Å². The first-order valence-corrected chi connectivity index (χ1v) is 12.1. The fourth-order valence-electron chi connectivity index (χ4n) is 3.28. The minimum atomic E-state index is -0.311. The Morgan fingerprint density at radius 2 is 1.88 bits per heavy atom. The molecule has 1 amide bonds. The third-order valence-corrected chi connectivity index (χ3v) is 6.23. The average Bonchev–Trinajstić information content (AvgIpc) is 3.25. The summed E-state index contributed by atoms with van der Waals surface area (Å²) in [6, 6.07) is 21.0. The Labute approximate surface area is 207 Å². The Balaban J connectivity index is 1.34. The molecule has 0 spiro atoms. The number of rotatable bonds is 8. The van der Waals surface area contributed by atoms with Crippen LogP contribution < -0.4 is 15.4 Å². The molecule has 0 aliphatic carbocycles. The van der Waals surface area contributed by atoms with Crippen molar-refractivity contribution in [2.75, 3.05) is 25.1 Å². The number of nitrogens with zero attached hydrogens (tertiary/aromatic N) is 1. The Hall–Kier alpha value is -3.33. The van der Waals surface area contributed by atoms with Crippen LogP contribution in [-0.4, -0.2) is 35.8 Å². The predicted molar refractivity (Wildman–Crippen MR) is 142 cm³/mol. The monoisotopic (exact) mass is 491 g/mol. The highest BCUT2D eigenvalue weighted by Gasteiger charge is 2.10. The van der Waals surface area contributed by atoms with Crippen LogP contribution in [0.4, 0.5) is 5.69 Å². The van der Waals surface area contributed by atoms with Gasteiger partial charge in [0.2, 0.25) is 0 Å². The first-order chi connectivity index (χ1) is 16.5. The molecule has 0 aliphatic rings. The van der Waals surface area contributed by atoms with E-state index < -0.39 is 0 Å².